The summed E-state index contributed by atoms with van der Waals surface area (Å²) in [5, 5.41) is 0. The van der Waals surface area contributed by atoms with Gasteiger partial charge in [-0.05, 0) is 44.4 Å². The maximum Gasteiger partial charge on any atom is 0.311 e. The maximum atomic E-state index is 12.7. The Kier molecular flexibility index (Phi) is 10.00. The lowest BCUT2D eigenvalue weighted by Crippen LogP contribution is -2.40. The van der Waals surface area contributed by atoms with Gasteiger partial charge in [0.05, 0.1) is 22.8 Å². The highest BCUT2D eigenvalue weighted by molar-refractivity contribution is 8.16. The predicted octanol–water partition coefficient (Wildman–Crippen LogP) is 4.48. The summed E-state index contributed by atoms with van der Waals surface area (Å²) < 4.78 is 5.55. The summed E-state index contributed by atoms with van der Waals surface area (Å²) in [6, 6.07) is 9.39. The lowest BCUT2D eigenvalue weighted by molar-refractivity contribution is -0.159. The van der Waals surface area contributed by atoms with Crippen LogP contribution in [-0.2, 0) is 19.1 Å². The molecule has 1 aromatic rings. The van der Waals surface area contributed by atoms with Crippen molar-refractivity contribution in [3.8, 4) is 0 Å². The van der Waals surface area contributed by atoms with Crippen LogP contribution in [0.4, 0.5) is 0 Å². The van der Waals surface area contributed by atoms with Gasteiger partial charge in [0.15, 0.2) is 0 Å². The van der Waals surface area contributed by atoms with Gasteiger partial charge in [0.2, 0.25) is 11.8 Å². The Labute approximate surface area is 182 Å². The Balaban J connectivity index is 2.82. The van der Waals surface area contributed by atoms with Crippen LogP contribution < -0.4 is 0 Å². The summed E-state index contributed by atoms with van der Waals surface area (Å²) in [5.74, 6) is -1.08. The van der Waals surface area contributed by atoms with Crippen LogP contribution >= 0.6 is 23.5 Å². The number of ether oxygens (including phenoxy) is 1. The third-order valence-corrected chi connectivity index (χ3v) is 7.00. The molecule has 29 heavy (non-hydrogen) atoms. The molecule has 0 aromatic heterocycles. The average Bonchev–Trinajstić information content (AvgIpc) is 2.67. The fourth-order valence-electron chi connectivity index (χ4n) is 2.43. The van der Waals surface area contributed by atoms with Crippen molar-refractivity contribution in [1.29, 1.82) is 0 Å². The van der Waals surface area contributed by atoms with E-state index >= 15 is 0 Å². The first-order chi connectivity index (χ1) is 13.5. The Morgan fingerprint density at radius 1 is 1.07 bits per heavy atom. The minimum Gasteiger partial charge on any atom is -0.459 e. The van der Waals surface area contributed by atoms with Gasteiger partial charge >= 0.3 is 5.97 Å². The lowest BCUT2D eigenvalue weighted by Gasteiger charge is -2.28. The number of thioether (sulfide) groups is 2. The van der Waals surface area contributed by atoms with Gasteiger partial charge in [0.25, 0.3) is 0 Å². The molecule has 0 saturated carbocycles. The van der Waals surface area contributed by atoms with E-state index in [4.69, 9.17) is 4.74 Å². The molecular weight excluding hydrogens is 406 g/mol. The van der Waals surface area contributed by atoms with Gasteiger partial charge < -0.3 is 4.74 Å². The number of amides is 2. The molecule has 1 atom stereocenters. The van der Waals surface area contributed by atoms with Crippen molar-refractivity contribution in [2.45, 2.75) is 44.3 Å². The number of hydrogen-bond donors (Lipinski definition) is 0. The molecule has 0 radical (unpaired) electrons. The van der Waals surface area contributed by atoms with Gasteiger partial charge in [-0.3, -0.25) is 19.3 Å². The molecule has 0 saturated heterocycles. The molecule has 5 nitrogen and oxygen atoms in total. The van der Waals surface area contributed by atoms with Crippen molar-refractivity contribution >= 4 is 46.9 Å². The van der Waals surface area contributed by atoms with Crippen LogP contribution in [0.15, 0.2) is 36.9 Å². The van der Waals surface area contributed by atoms with E-state index < -0.39 is 11.5 Å². The fourth-order valence-corrected chi connectivity index (χ4v) is 4.11. The van der Waals surface area contributed by atoms with Crippen molar-refractivity contribution in [2.24, 2.45) is 5.41 Å². The zero-order chi connectivity index (χ0) is 22.2. The predicted molar refractivity (Wildman–Crippen MR) is 123 cm³/mol. The second-order valence-electron chi connectivity index (χ2n) is 7.73. The van der Waals surface area contributed by atoms with Crippen LogP contribution in [0.3, 0.4) is 0 Å². The van der Waals surface area contributed by atoms with E-state index in [-0.39, 0.29) is 35.2 Å². The van der Waals surface area contributed by atoms with Crippen molar-refractivity contribution in [3.05, 3.63) is 42.5 Å². The second-order valence-corrected chi connectivity index (χ2v) is 9.99. The zero-order valence-electron chi connectivity index (χ0n) is 18.1. The first kappa shape index (κ1) is 25.3. The number of nitrogens with zero attached hydrogens (tertiary/aromatic N) is 1. The summed E-state index contributed by atoms with van der Waals surface area (Å²) in [6.07, 6.45) is 3.19. The van der Waals surface area contributed by atoms with E-state index in [0.29, 0.717) is 5.57 Å². The summed E-state index contributed by atoms with van der Waals surface area (Å²) in [4.78, 5) is 38.8. The molecule has 7 heteroatoms. The van der Waals surface area contributed by atoms with Gasteiger partial charge in [0.1, 0.15) is 6.10 Å². The van der Waals surface area contributed by atoms with Gasteiger partial charge in [-0.25, -0.2) is 0 Å². The lowest BCUT2D eigenvalue weighted by atomic mass is 9.97. The average molecular weight is 438 g/mol. The molecule has 1 unspecified atom stereocenters. The smallest absolute Gasteiger partial charge is 0.311 e. The third kappa shape index (κ3) is 7.90. The molecule has 0 bridgehead atoms. The minimum atomic E-state index is -0.669. The highest BCUT2D eigenvalue weighted by atomic mass is 32.2. The summed E-state index contributed by atoms with van der Waals surface area (Å²) >= 11 is 3.03. The normalized spacial score (nSPS) is 12.4. The Bertz CT molecular complexity index is 724. The molecule has 0 aliphatic rings. The second kappa shape index (κ2) is 11.5. The summed E-state index contributed by atoms with van der Waals surface area (Å²) in [7, 11) is 1.46. The number of esters is 1. The Morgan fingerprint density at radius 3 is 2.10 bits per heavy atom. The van der Waals surface area contributed by atoms with E-state index in [9.17, 15) is 14.4 Å². The minimum absolute atomic E-state index is 0.0474. The highest BCUT2D eigenvalue weighted by Gasteiger charge is 2.33. The molecule has 2 amide bonds. The zero-order valence-corrected chi connectivity index (χ0v) is 19.7. The molecule has 0 spiro atoms. The van der Waals surface area contributed by atoms with Crippen LogP contribution in [0.1, 0.15) is 39.2 Å². The van der Waals surface area contributed by atoms with Crippen molar-refractivity contribution in [3.63, 3.8) is 0 Å². The number of rotatable bonds is 9. The molecular formula is C22H31NO4S2. The van der Waals surface area contributed by atoms with E-state index in [1.807, 2.05) is 42.8 Å². The number of benzene rings is 1. The number of carbonyl (C=O) groups excluding carboxylic acids is 3. The van der Waals surface area contributed by atoms with E-state index in [1.54, 1.807) is 20.8 Å². The van der Waals surface area contributed by atoms with E-state index in [2.05, 4.69) is 6.58 Å². The highest BCUT2D eigenvalue weighted by Crippen LogP contribution is 2.29. The number of carbonyl (C=O) groups is 3. The largest absolute Gasteiger partial charge is 0.459 e. The van der Waals surface area contributed by atoms with E-state index in [1.165, 1.54) is 30.6 Å². The van der Waals surface area contributed by atoms with Crippen LogP contribution in [-0.4, -0.2) is 52.9 Å². The molecule has 0 aliphatic carbocycles. The van der Waals surface area contributed by atoms with Crippen molar-refractivity contribution in [2.75, 3.05) is 19.6 Å². The van der Waals surface area contributed by atoms with Crippen LogP contribution in [0, 0.1) is 5.41 Å². The van der Waals surface area contributed by atoms with Crippen LogP contribution in [0.25, 0.3) is 5.57 Å². The number of imide groups is 1. The Hall–Kier alpha value is -1.73. The third-order valence-electron chi connectivity index (χ3n) is 4.31. The van der Waals surface area contributed by atoms with Gasteiger partial charge in [-0.15, -0.1) is 23.5 Å². The quantitative estimate of drug-likeness (QED) is 0.419. The topological polar surface area (TPSA) is 63.7 Å². The van der Waals surface area contributed by atoms with Gasteiger partial charge in [-0.2, -0.15) is 0 Å². The summed E-state index contributed by atoms with van der Waals surface area (Å²) in [5.41, 5.74) is 0.846. The summed E-state index contributed by atoms with van der Waals surface area (Å²) in [6.45, 7) is 9.26. The standard InChI is InChI=1S/C22H31NO4S2/c1-15(16-11-9-8-10-12-16)13-18(24)23(5)19(25)14-17(20(28-6)29-7)27-21(26)22(2,3)4/h8-12,17,20H,1,13-14H2,2-7H3. The van der Waals surface area contributed by atoms with Gasteiger partial charge in [0, 0.05) is 7.05 Å². The van der Waals surface area contributed by atoms with E-state index in [0.717, 1.165) is 10.5 Å². The molecule has 1 aromatic carbocycles. The first-order valence-electron chi connectivity index (χ1n) is 9.30. The molecule has 0 N–H and O–H groups in total. The van der Waals surface area contributed by atoms with Crippen molar-refractivity contribution in [1.82, 2.24) is 4.90 Å². The molecule has 0 heterocycles. The number of hydrogen-bond acceptors (Lipinski definition) is 6. The van der Waals surface area contributed by atoms with Crippen LogP contribution in [0.2, 0.25) is 0 Å². The monoisotopic (exact) mass is 437 g/mol. The molecule has 1 rings (SSSR count). The Morgan fingerprint density at radius 2 is 1.62 bits per heavy atom. The van der Waals surface area contributed by atoms with Gasteiger partial charge in [-0.1, -0.05) is 36.9 Å². The molecule has 160 valence electrons. The SMILES string of the molecule is C=C(CC(=O)N(C)C(=O)CC(OC(=O)C(C)(C)C)C(SC)SC)c1ccccc1. The molecule has 0 fully saturated rings. The fraction of sp³-hybridized carbons (Fsp3) is 0.500. The maximum absolute atomic E-state index is 12.7. The molecule has 0 aliphatic heterocycles. The van der Waals surface area contributed by atoms with Crippen LogP contribution in [0.5, 0.6) is 0 Å². The van der Waals surface area contributed by atoms with Crippen molar-refractivity contribution < 1.29 is 19.1 Å². The first-order valence-corrected chi connectivity index (χ1v) is 11.9.